The fourth-order valence-corrected chi connectivity index (χ4v) is 2.79. The van der Waals surface area contributed by atoms with E-state index in [9.17, 15) is 0 Å². The zero-order valence-corrected chi connectivity index (χ0v) is 12.9. The molecule has 1 saturated carbocycles. The van der Waals surface area contributed by atoms with Crippen molar-refractivity contribution < 1.29 is 9.47 Å². The van der Waals surface area contributed by atoms with Gasteiger partial charge < -0.3 is 14.8 Å². The molecule has 1 aliphatic carbocycles. The normalized spacial score (nSPS) is 17.9. The minimum Gasteiger partial charge on any atom is -0.496 e. The standard InChI is InChI=1S/C17H27NO2/c1-13(18-2)14-9-10-17(19-3)15(11-14)12-20-16-7-5-4-6-8-16/h9-11,13,16,18H,4-8,12H2,1-3H3. The van der Waals surface area contributed by atoms with Crippen LogP contribution in [0, 0.1) is 0 Å². The Bertz CT molecular complexity index is 413. The summed E-state index contributed by atoms with van der Waals surface area (Å²) < 4.78 is 11.5. The van der Waals surface area contributed by atoms with Crippen molar-refractivity contribution in [3.63, 3.8) is 0 Å². The summed E-state index contributed by atoms with van der Waals surface area (Å²) in [5.74, 6) is 0.924. The van der Waals surface area contributed by atoms with Crippen molar-refractivity contribution in [2.45, 2.75) is 57.8 Å². The summed E-state index contributed by atoms with van der Waals surface area (Å²) >= 11 is 0. The Balaban J connectivity index is 2.03. The Morgan fingerprint density at radius 2 is 2.00 bits per heavy atom. The SMILES string of the molecule is CNC(C)c1ccc(OC)c(COC2CCCCC2)c1. The molecule has 2 rings (SSSR count). The third-order valence-electron chi connectivity index (χ3n) is 4.26. The Morgan fingerprint density at radius 3 is 2.65 bits per heavy atom. The molecule has 3 heteroatoms. The molecule has 1 atom stereocenters. The van der Waals surface area contributed by atoms with Crippen molar-refractivity contribution in [1.29, 1.82) is 0 Å². The first-order chi connectivity index (χ1) is 9.74. The molecule has 0 saturated heterocycles. The molecule has 1 N–H and O–H groups in total. The third kappa shape index (κ3) is 3.97. The molecule has 0 heterocycles. The molecule has 20 heavy (non-hydrogen) atoms. The number of methoxy groups -OCH3 is 1. The second-order valence-corrected chi connectivity index (χ2v) is 5.65. The van der Waals surface area contributed by atoms with Crippen LogP contribution in [0.15, 0.2) is 18.2 Å². The van der Waals surface area contributed by atoms with Gasteiger partial charge in [-0.05, 0) is 44.5 Å². The van der Waals surface area contributed by atoms with Crippen LogP contribution in [0.4, 0.5) is 0 Å². The molecule has 0 spiro atoms. The molecule has 3 nitrogen and oxygen atoms in total. The van der Waals surface area contributed by atoms with Crippen molar-refractivity contribution in [1.82, 2.24) is 5.32 Å². The van der Waals surface area contributed by atoms with Crippen molar-refractivity contribution in [3.05, 3.63) is 29.3 Å². The lowest BCUT2D eigenvalue weighted by Gasteiger charge is -2.23. The Hall–Kier alpha value is -1.06. The Kier molecular flexibility index (Phi) is 5.86. The second kappa shape index (κ2) is 7.65. The predicted molar refractivity (Wildman–Crippen MR) is 82.1 cm³/mol. The maximum Gasteiger partial charge on any atom is 0.124 e. The van der Waals surface area contributed by atoms with Crippen LogP contribution < -0.4 is 10.1 Å². The van der Waals surface area contributed by atoms with Gasteiger partial charge in [-0.2, -0.15) is 0 Å². The number of benzene rings is 1. The molecule has 0 bridgehead atoms. The first-order valence-corrected chi connectivity index (χ1v) is 7.70. The lowest BCUT2D eigenvalue weighted by molar-refractivity contribution is 0.0160. The summed E-state index contributed by atoms with van der Waals surface area (Å²) in [6.07, 6.45) is 6.80. The molecular formula is C17H27NO2. The smallest absolute Gasteiger partial charge is 0.124 e. The Morgan fingerprint density at radius 1 is 1.25 bits per heavy atom. The molecule has 1 aliphatic rings. The average molecular weight is 277 g/mol. The summed E-state index contributed by atoms with van der Waals surface area (Å²) in [7, 11) is 3.70. The highest BCUT2D eigenvalue weighted by atomic mass is 16.5. The second-order valence-electron chi connectivity index (χ2n) is 5.65. The van der Waals surface area contributed by atoms with Gasteiger partial charge >= 0.3 is 0 Å². The van der Waals surface area contributed by atoms with Gasteiger partial charge in [-0.3, -0.25) is 0 Å². The van der Waals surface area contributed by atoms with E-state index < -0.39 is 0 Å². The van der Waals surface area contributed by atoms with Crippen molar-refractivity contribution in [3.8, 4) is 5.75 Å². The van der Waals surface area contributed by atoms with Crippen LogP contribution in [0.25, 0.3) is 0 Å². The molecule has 1 aromatic rings. The molecule has 1 unspecified atom stereocenters. The summed E-state index contributed by atoms with van der Waals surface area (Å²) in [6, 6.07) is 6.70. The van der Waals surface area contributed by atoms with E-state index in [0.717, 1.165) is 11.3 Å². The molecule has 1 fully saturated rings. The van der Waals surface area contributed by atoms with Gasteiger partial charge in [-0.15, -0.1) is 0 Å². The predicted octanol–water partition coefficient (Wildman–Crippen LogP) is 3.82. The zero-order chi connectivity index (χ0) is 14.4. The first kappa shape index (κ1) is 15.3. The highest BCUT2D eigenvalue weighted by Crippen LogP contribution is 2.26. The van der Waals surface area contributed by atoms with E-state index in [1.54, 1.807) is 7.11 Å². The fraction of sp³-hybridized carbons (Fsp3) is 0.647. The van der Waals surface area contributed by atoms with Crippen molar-refractivity contribution in [2.24, 2.45) is 0 Å². The molecule has 0 aromatic heterocycles. The largest absolute Gasteiger partial charge is 0.496 e. The van der Waals surface area contributed by atoms with Crippen LogP contribution in [0.1, 0.15) is 56.2 Å². The van der Waals surface area contributed by atoms with Gasteiger partial charge in [0.1, 0.15) is 5.75 Å². The van der Waals surface area contributed by atoms with E-state index in [-0.39, 0.29) is 0 Å². The molecular weight excluding hydrogens is 250 g/mol. The maximum absolute atomic E-state index is 6.08. The van der Waals surface area contributed by atoms with Crippen LogP contribution in [0.2, 0.25) is 0 Å². The summed E-state index contributed by atoms with van der Waals surface area (Å²) in [6.45, 7) is 2.81. The van der Waals surface area contributed by atoms with E-state index in [1.165, 1.54) is 37.7 Å². The Labute approximate surface area is 122 Å². The molecule has 0 aliphatic heterocycles. The van der Waals surface area contributed by atoms with Crippen molar-refractivity contribution >= 4 is 0 Å². The number of rotatable bonds is 6. The van der Waals surface area contributed by atoms with E-state index in [0.29, 0.717) is 18.8 Å². The van der Waals surface area contributed by atoms with Crippen LogP contribution >= 0.6 is 0 Å². The van der Waals surface area contributed by atoms with Gasteiger partial charge in [-0.25, -0.2) is 0 Å². The van der Waals surface area contributed by atoms with Crippen LogP contribution in [-0.4, -0.2) is 20.3 Å². The van der Waals surface area contributed by atoms with E-state index >= 15 is 0 Å². The number of hydrogen-bond acceptors (Lipinski definition) is 3. The lowest BCUT2D eigenvalue weighted by Crippen LogP contribution is -2.17. The summed E-state index contributed by atoms with van der Waals surface area (Å²) in [5.41, 5.74) is 2.42. The molecule has 112 valence electrons. The molecule has 0 amide bonds. The van der Waals surface area contributed by atoms with Crippen molar-refractivity contribution in [2.75, 3.05) is 14.2 Å². The van der Waals surface area contributed by atoms with Crippen LogP contribution in [0.3, 0.4) is 0 Å². The van der Waals surface area contributed by atoms with Gasteiger partial charge in [0.05, 0.1) is 19.8 Å². The van der Waals surface area contributed by atoms with Gasteiger partial charge in [0.2, 0.25) is 0 Å². The van der Waals surface area contributed by atoms with E-state index in [1.807, 2.05) is 13.1 Å². The summed E-state index contributed by atoms with van der Waals surface area (Å²) in [5, 5.41) is 3.27. The van der Waals surface area contributed by atoms with E-state index in [4.69, 9.17) is 9.47 Å². The number of ether oxygens (including phenoxy) is 2. The average Bonchev–Trinajstić information content (AvgIpc) is 2.52. The zero-order valence-electron chi connectivity index (χ0n) is 12.9. The minimum atomic E-state index is 0.342. The monoisotopic (exact) mass is 277 g/mol. The van der Waals surface area contributed by atoms with Crippen LogP contribution in [0.5, 0.6) is 5.75 Å². The van der Waals surface area contributed by atoms with Crippen LogP contribution in [-0.2, 0) is 11.3 Å². The third-order valence-corrected chi connectivity index (χ3v) is 4.26. The number of hydrogen-bond donors (Lipinski definition) is 1. The van der Waals surface area contributed by atoms with Gasteiger partial charge in [0, 0.05) is 11.6 Å². The molecule has 0 radical (unpaired) electrons. The highest BCUT2D eigenvalue weighted by Gasteiger charge is 2.15. The van der Waals surface area contributed by atoms with Gasteiger partial charge in [-0.1, -0.05) is 25.3 Å². The fourth-order valence-electron chi connectivity index (χ4n) is 2.79. The minimum absolute atomic E-state index is 0.342. The topological polar surface area (TPSA) is 30.5 Å². The van der Waals surface area contributed by atoms with Gasteiger partial charge in [0.15, 0.2) is 0 Å². The quantitative estimate of drug-likeness (QED) is 0.857. The highest BCUT2D eigenvalue weighted by molar-refractivity contribution is 5.38. The maximum atomic E-state index is 6.08. The summed E-state index contributed by atoms with van der Waals surface area (Å²) in [4.78, 5) is 0. The molecule has 1 aromatic carbocycles. The lowest BCUT2D eigenvalue weighted by atomic mass is 9.98. The van der Waals surface area contributed by atoms with E-state index in [2.05, 4.69) is 24.4 Å². The number of nitrogens with one attached hydrogen (secondary N) is 1. The first-order valence-electron chi connectivity index (χ1n) is 7.70. The van der Waals surface area contributed by atoms with Gasteiger partial charge in [0.25, 0.3) is 0 Å².